The third kappa shape index (κ3) is 4.79. The first-order valence-corrected chi connectivity index (χ1v) is 9.83. The van der Waals surface area contributed by atoms with Gasteiger partial charge < -0.3 is 5.32 Å². The molecule has 8 heteroatoms. The second kappa shape index (κ2) is 8.13. The molecule has 0 atom stereocenters. The van der Waals surface area contributed by atoms with E-state index in [-0.39, 0.29) is 16.5 Å². The molecule has 0 spiro atoms. The van der Waals surface area contributed by atoms with Gasteiger partial charge in [0, 0.05) is 6.54 Å². The van der Waals surface area contributed by atoms with Crippen LogP contribution in [-0.2, 0) is 16.4 Å². The van der Waals surface area contributed by atoms with Crippen LogP contribution in [0.25, 0.3) is 0 Å². The number of anilines is 2. The van der Waals surface area contributed by atoms with Gasteiger partial charge in [0.15, 0.2) is 5.82 Å². The normalized spacial score (nSPS) is 11.2. The molecule has 0 saturated heterocycles. The summed E-state index contributed by atoms with van der Waals surface area (Å²) in [5.41, 5.74) is 1.25. The molecule has 0 aliphatic carbocycles. The van der Waals surface area contributed by atoms with Gasteiger partial charge in [-0.3, -0.25) is 4.72 Å². The van der Waals surface area contributed by atoms with Gasteiger partial charge in [-0.25, -0.2) is 12.8 Å². The first-order chi connectivity index (χ1) is 13.0. The quantitative estimate of drug-likeness (QED) is 0.650. The molecule has 0 fully saturated rings. The predicted octanol–water partition coefficient (Wildman–Crippen LogP) is 3.38. The molecule has 0 aliphatic rings. The number of hydrogen-bond acceptors (Lipinski definition) is 5. The zero-order valence-corrected chi connectivity index (χ0v) is 15.5. The number of benzene rings is 2. The number of aryl methyl sites for hydroxylation is 1. The third-order valence-corrected chi connectivity index (χ3v) is 5.46. The highest BCUT2D eigenvalue weighted by molar-refractivity contribution is 7.92. The lowest BCUT2D eigenvalue weighted by atomic mass is 10.1. The van der Waals surface area contributed by atoms with Crippen LogP contribution < -0.4 is 10.0 Å². The van der Waals surface area contributed by atoms with Crippen molar-refractivity contribution >= 4 is 21.7 Å². The van der Waals surface area contributed by atoms with Crippen molar-refractivity contribution in [2.24, 2.45) is 0 Å². The molecule has 140 valence electrons. The zero-order valence-electron chi connectivity index (χ0n) is 14.7. The van der Waals surface area contributed by atoms with E-state index >= 15 is 0 Å². The summed E-state index contributed by atoms with van der Waals surface area (Å²) >= 11 is 0. The molecule has 0 saturated carbocycles. The van der Waals surface area contributed by atoms with Gasteiger partial charge in [-0.15, -0.1) is 10.2 Å². The summed E-state index contributed by atoms with van der Waals surface area (Å²) in [5, 5.41) is 10.9. The molecule has 0 amide bonds. The van der Waals surface area contributed by atoms with Gasteiger partial charge in [0.25, 0.3) is 10.0 Å². The van der Waals surface area contributed by atoms with E-state index in [1.54, 1.807) is 49.4 Å². The molecule has 6 nitrogen and oxygen atoms in total. The Morgan fingerprint density at radius 3 is 2.30 bits per heavy atom. The minimum absolute atomic E-state index is 0.123. The number of sulfonamides is 1. The van der Waals surface area contributed by atoms with Crippen molar-refractivity contribution in [3.8, 4) is 0 Å². The van der Waals surface area contributed by atoms with E-state index < -0.39 is 10.0 Å². The SMILES string of the molecule is Cc1ccccc1S(=O)(=O)Nc1ccc(NCCc2ccccc2F)nn1. The van der Waals surface area contributed by atoms with E-state index in [2.05, 4.69) is 20.2 Å². The van der Waals surface area contributed by atoms with Gasteiger partial charge in [0.05, 0.1) is 4.90 Å². The summed E-state index contributed by atoms with van der Waals surface area (Å²) in [6.45, 7) is 2.20. The van der Waals surface area contributed by atoms with E-state index in [9.17, 15) is 12.8 Å². The smallest absolute Gasteiger partial charge is 0.263 e. The minimum Gasteiger partial charge on any atom is -0.368 e. The van der Waals surface area contributed by atoms with Crippen LogP contribution in [0.4, 0.5) is 16.0 Å². The Morgan fingerprint density at radius 2 is 1.59 bits per heavy atom. The molecule has 0 radical (unpaired) electrons. The van der Waals surface area contributed by atoms with Crippen molar-refractivity contribution < 1.29 is 12.8 Å². The highest BCUT2D eigenvalue weighted by atomic mass is 32.2. The van der Waals surface area contributed by atoms with Gasteiger partial charge in [-0.05, 0) is 48.7 Å². The van der Waals surface area contributed by atoms with Crippen molar-refractivity contribution in [3.05, 3.63) is 77.6 Å². The second-order valence-electron chi connectivity index (χ2n) is 5.94. The molecular weight excluding hydrogens is 367 g/mol. The van der Waals surface area contributed by atoms with Gasteiger partial charge >= 0.3 is 0 Å². The number of halogens is 1. The molecule has 3 rings (SSSR count). The number of hydrogen-bond donors (Lipinski definition) is 2. The van der Waals surface area contributed by atoms with Crippen LogP contribution in [0, 0.1) is 12.7 Å². The minimum atomic E-state index is -3.73. The topological polar surface area (TPSA) is 84.0 Å². The summed E-state index contributed by atoms with van der Waals surface area (Å²) in [7, 11) is -3.73. The highest BCUT2D eigenvalue weighted by Gasteiger charge is 2.17. The summed E-state index contributed by atoms with van der Waals surface area (Å²) < 4.78 is 40.9. The summed E-state index contributed by atoms with van der Waals surface area (Å²) in [4.78, 5) is 0.193. The Bertz CT molecular complexity index is 1020. The number of aromatic nitrogens is 2. The number of nitrogens with zero attached hydrogens (tertiary/aromatic N) is 2. The maximum atomic E-state index is 13.6. The molecule has 0 aliphatic heterocycles. The van der Waals surface area contributed by atoms with Crippen molar-refractivity contribution in [1.82, 2.24) is 10.2 Å². The lowest BCUT2D eigenvalue weighted by molar-refractivity contribution is 0.600. The van der Waals surface area contributed by atoms with Crippen LogP contribution >= 0.6 is 0 Å². The molecule has 0 unspecified atom stereocenters. The van der Waals surface area contributed by atoms with Crippen LogP contribution in [0.5, 0.6) is 0 Å². The molecule has 27 heavy (non-hydrogen) atoms. The largest absolute Gasteiger partial charge is 0.368 e. The lowest BCUT2D eigenvalue weighted by Gasteiger charge is -2.10. The fraction of sp³-hybridized carbons (Fsp3) is 0.158. The van der Waals surface area contributed by atoms with Gasteiger partial charge in [-0.2, -0.15) is 0 Å². The van der Waals surface area contributed by atoms with Crippen molar-refractivity contribution in [1.29, 1.82) is 0 Å². The Labute approximate surface area is 157 Å². The maximum absolute atomic E-state index is 13.6. The van der Waals surface area contributed by atoms with E-state index in [1.807, 2.05) is 0 Å². The number of rotatable bonds is 7. The molecule has 1 aromatic heterocycles. The fourth-order valence-electron chi connectivity index (χ4n) is 2.56. The van der Waals surface area contributed by atoms with E-state index in [4.69, 9.17) is 0 Å². The lowest BCUT2D eigenvalue weighted by Crippen LogP contribution is -2.16. The monoisotopic (exact) mass is 386 g/mol. The third-order valence-electron chi connectivity index (χ3n) is 3.94. The molecular formula is C19H19FN4O2S. The number of nitrogens with one attached hydrogen (secondary N) is 2. The Balaban J connectivity index is 1.60. The maximum Gasteiger partial charge on any atom is 0.263 e. The highest BCUT2D eigenvalue weighted by Crippen LogP contribution is 2.18. The summed E-state index contributed by atoms with van der Waals surface area (Å²) in [5.74, 6) is 0.356. The van der Waals surface area contributed by atoms with Crippen molar-refractivity contribution in [2.45, 2.75) is 18.2 Å². The van der Waals surface area contributed by atoms with Crippen LogP contribution in [0.1, 0.15) is 11.1 Å². The molecule has 3 aromatic rings. The van der Waals surface area contributed by atoms with E-state index in [0.717, 1.165) is 0 Å². The summed E-state index contributed by atoms with van der Waals surface area (Å²) in [6, 6.07) is 16.4. The first-order valence-electron chi connectivity index (χ1n) is 8.35. The van der Waals surface area contributed by atoms with Gasteiger partial charge in [0.2, 0.25) is 0 Å². The predicted molar refractivity (Wildman–Crippen MR) is 103 cm³/mol. The molecule has 0 bridgehead atoms. The average molecular weight is 386 g/mol. The second-order valence-corrected chi connectivity index (χ2v) is 7.59. The fourth-order valence-corrected chi connectivity index (χ4v) is 3.80. The molecule has 1 heterocycles. The Kier molecular flexibility index (Phi) is 5.66. The van der Waals surface area contributed by atoms with Crippen molar-refractivity contribution in [3.63, 3.8) is 0 Å². The average Bonchev–Trinajstić information content (AvgIpc) is 2.65. The Morgan fingerprint density at radius 1 is 0.926 bits per heavy atom. The van der Waals surface area contributed by atoms with E-state index in [1.165, 1.54) is 18.2 Å². The zero-order chi connectivity index (χ0) is 19.3. The van der Waals surface area contributed by atoms with Crippen LogP contribution in [0.3, 0.4) is 0 Å². The van der Waals surface area contributed by atoms with Gasteiger partial charge in [-0.1, -0.05) is 36.4 Å². The van der Waals surface area contributed by atoms with Crippen molar-refractivity contribution in [2.75, 3.05) is 16.6 Å². The van der Waals surface area contributed by atoms with Crippen LogP contribution in [0.2, 0.25) is 0 Å². The first kappa shape index (κ1) is 18.8. The van der Waals surface area contributed by atoms with E-state index in [0.29, 0.717) is 29.9 Å². The molecule has 2 N–H and O–H groups in total. The van der Waals surface area contributed by atoms with Crippen LogP contribution in [0.15, 0.2) is 65.6 Å². The van der Waals surface area contributed by atoms with Gasteiger partial charge in [0.1, 0.15) is 11.6 Å². The standard InChI is InChI=1S/C19H19FN4O2S/c1-14-6-2-5-9-17(14)27(25,26)24-19-11-10-18(22-23-19)21-13-12-15-7-3-4-8-16(15)20/h2-11H,12-13H2,1H3,(H,21,22)(H,23,24). The summed E-state index contributed by atoms with van der Waals surface area (Å²) in [6.07, 6.45) is 0.496. The van der Waals surface area contributed by atoms with Crippen LogP contribution in [-0.4, -0.2) is 25.2 Å². The molecule has 2 aromatic carbocycles. The Hall–Kier alpha value is -3.00.